The number of allylic oxidation sites excluding steroid dienone is 3. The topological polar surface area (TPSA) is 85.9 Å². The van der Waals surface area contributed by atoms with Gasteiger partial charge in [-0.2, -0.15) is 10.4 Å². The third kappa shape index (κ3) is 3.86. The van der Waals surface area contributed by atoms with Gasteiger partial charge in [-0.1, -0.05) is 6.07 Å². The van der Waals surface area contributed by atoms with E-state index in [1.807, 2.05) is 43.6 Å². The number of hydrogen-bond donors (Lipinski definition) is 0. The first-order chi connectivity index (χ1) is 14.6. The summed E-state index contributed by atoms with van der Waals surface area (Å²) in [6.07, 6.45) is 11.4. The van der Waals surface area contributed by atoms with Crippen LogP contribution in [0.15, 0.2) is 66.3 Å². The maximum atomic E-state index is 9.42. The summed E-state index contributed by atoms with van der Waals surface area (Å²) in [5.41, 5.74) is 5.86. The van der Waals surface area contributed by atoms with Crippen LogP contribution in [0.5, 0.6) is 0 Å². The van der Waals surface area contributed by atoms with E-state index < -0.39 is 0 Å². The summed E-state index contributed by atoms with van der Waals surface area (Å²) in [6.45, 7) is 0. The van der Waals surface area contributed by atoms with Crippen molar-refractivity contribution in [3.05, 3.63) is 71.9 Å². The molecule has 0 fully saturated rings. The molecule has 0 radical (unpaired) electrons. The normalized spacial score (nSPS) is 16.7. The van der Waals surface area contributed by atoms with Gasteiger partial charge in [0.1, 0.15) is 5.76 Å². The molecule has 1 atom stereocenters. The van der Waals surface area contributed by atoms with Crippen molar-refractivity contribution in [3.8, 4) is 17.3 Å². The fraction of sp³-hybridized carbons (Fsp3) is 0.217. The van der Waals surface area contributed by atoms with E-state index in [9.17, 15) is 5.26 Å². The number of nitrogens with zero attached hydrogens (tertiary/aromatic N) is 5. The largest absolute Gasteiger partial charge is 0.497 e. The zero-order valence-electron chi connectivity index (χ0n) is 17.0. The Kier molecular flexibility index (Phi) is 5.42. The summed E-state index contributed by atoms with van der Waals surface area (Å²) in [5, 5.41) is 13.6. The lowest BCUT2D eigenvalue weighted by atomic mass is 9.90. The van der Waals surface area contributed by atoms with Crippen molar-refractivity contribution >= 4 is 16.6 Å². The van der Waals surface area contributed by atoms with Gasteiger partial charge in [-0.25, -0.2) is 4.98 Å². The maximum Gasteiger partial charge on any atom is 0.117 e. The van der Waals surface area contributed by atoms with Gasteiger partial charge in [-0.3, -0.25) is 9.67 Å². The van der Waals surface area contributed by atoms with Crippen LogP contribution < -0.4 is 0 Å². The molecule has 0 aliphatic heterocycles. The van der Waals surface area contributed by atoms with Gasteiger partial charge in [-0.05, 0) is 41.0 Å². The molecule has 4 rings (SSSR count). The summed E-state index contributed by atoms with van der Waals surface area (Å²) in [6, 6.07) is 8.00. The minimum absolute atomic E-state index is 0.112. The molecule has 0 amide bonds. The summed E-state index contributed by atoms with van der Waals surface area (Å²) in [4.78, 5) is 9.29. The smallest absolute Gasteiger partial charge is 0.117 e. The molecule has 1 aromatic carbocycles. The SMILES string of the molecule is COC1=CC(OC)CC(/C(=C/C#N)c2ccc3ncc(-c4cnn(C)c4)nc3c2)=C1. The second-order valence-corrected chi connectivity index (χ2v) is 6.97. The Hall–Kier alpha value is -3.76. The first-order valence-corrected chi connectivity index (χ1v) is 9.47. The number of aryl methyl sites for hydroxylation is 1. The van der Waals surface area contributed by atoms with Crippen molar-refractivity contribution in [1.29, 1.82) is 5.26 Å². The first-order valence-electron chi connectivity index (χ1n) is 9.47. The van der Waals surface area contributed by atoms with Crippen LogP contribution in [-0.4, -0.2) is 40.1 Å². The van der Waals surface area contributed by atoms with Crippen LogP contribution in [0.1, 0.15) is 12.0 Å². The molecular weight excluding hydrogens is 378 g/mol. The summed E-state index contributed by atoms with van der Waals surface area (Å²) >= 11 is 0. The molecule has 7 heteroatoms. The number of hydrogen-bond acceptors (Lipinski definition) is 6. The molecule has 0 N–H and O–H groups in total. The van der Waals surface area contributed by atoms with E-state index in [1.54, 1.807) is 37.4 Å². The Morgan fingerprint density at radius 3 is 2.83 bits per heavy atom. The van der Waals surface area contributed by atoms with E-state index in [0.29, 0.717) is 12.2 Å². The average molecular weight is 399 g/mol. The van der Waals surface area contributed by atoms with Crippen LogP contribution in [0.25, 0.3) is 27.9 Å². The molecular formula is C23H21N5O2. The Labute approximate surface area is 174 Å². The molecule has 2 aromatic heterocycles. The number of ether oxygens (including phenoxy) is 2. The van der Waals surface area contributed by atoms with Gasteiger partial charge in [0, 0.05) is 38.4 Å². The highest BCUT2D eigenvalue weighted by atomic mass is 16.5. The minimum Gasteiger partial charge on any atom is -0.497 e. The fourth-order valence-electron chi connectivity index (χ4n) is 3.50. The third-order valence-electron chi connectivity index (χ3n) is 5.03. The van der Waals surface area contributed by atoms with Crippen molar-refractivity contribution in [2.45, 2.75) is 12.5 Å². The monoisotopic (exact) mass is 399 g/mol. The van der Waals surface area contributed by atoms with Gasteiger partial charge in [0.15, 0.2) is 0 Å². The summed E-state index contributed by atoms with van der Waals surface area (Å²) in [7, 11) is 5.15. The zero-order chi connectivity index (χ0) is 21.1. The molecule has 0 saturated carbocycles. The Morgan fingerprint density at radius 2 is 2.13 bits per heavy atom. The maximum absolute atomic E-state index is 9.42. The quantitative estimate of drug-likeness (QED) is 0.607. The van der Waals surface area contributed by atoms with Crippen LogP contribution >= 0.6 is 0 Å². The zero-order valence-corrected chi connectivity index (χ0v) is 17.0. The number of fused-ring (bicyclic) bond motifs is 1. The van der Waals surface area contributed by atoms with Gasteiger partial charge >= 0.3 is 0 Å². The number of nitriles is 1. The molecule has 0 spiro atoms. The van der Waals surface area contributed by atoms with Crippen molar-refractivity contribution in [2.75, 3.05) is 14.2 Å². The number of aromatic nitrogens is 4. The Morgan fingerprint density at radius 1 is 1.27 bits per heavy atom. The van der Waals surface area contributed by atoms with Crippen LogP contribution in [-0.2, 0) is 16.5 Å². The lowest BCUT2D eigenvalue weighted by Crippen LogP contribution is -2.14. The molecule has 0 bridgehead atoms. The molecule has 1 unspecified atom stereocenters. The van der Waals surface area contributed by atoms with E-state index in [4.69, 9.17) is 14.5 Å². The van der Waals surface area contributed by atoms with E-state index in [0.717, 1.165) is 39.0 Å². The minimum atomic E-state index is -0.112. The Bertz CT molecular complexity index is 1230. The second kappa shape index (κ2) is 8.31. The van der Waals surface area contributed by atoms with Crippen molar-refractivity contribution in [1.82, 2.24) is 19.7 Å². The van der Waals surface area contributed by atoms with Crippen LogP contribution in [0.2, 0.25) is 0 Å². The molecule has 1 aliphatic carbocycles. The first kappa shape index (κ1) is 19.6. The molecule has 30 heavy (non-hydrogen) atoms. The number of rotatable bonds is 5. The predicted molar refractivity (Wildman–Crippen MR) is 114 cm³/mol. The molecule has 150 valence electrons. The van der Waals surface area contributed by atoms with Crippen molar-refractivity contribution < 1.29 is 9.47 Å². The highest BCUT2D eigenvalue weighted by Crippen LogP contribution is 2.33. The lowest BCUT2D eigenvalue weighted by Gasteiger charge is -2.22. The summed E-state index contributed by atoms with van der Waals surface area (Å²) < 4.78 is 12.7. The number of benzene rings is 1. The van der Waals surface area contributed by atoms with Crippen LogP contribution in [0.4, 0.5) is 0 Å². The molecule has 2 heterocycles. The van der Waals surface area contributed by atoms with Gasteiger partial charge in [0.2, 0.25) is 0 Å². The van der Waals surface area contributed by atoms with Gasteiger partial charge < -0.3 is 9.47 Å². The molecule has 3 aromatic rings. The van der Waals surface area contributed by atoms with Gasteiger partial charge in [0.25, 0.3) is 0 Å². The van der Waals surface area contributed by atoms with Crippen molar-refractivity contribution in [2.24, 2.45) is 7.05 Å². The second-order valence-electron chi connectivity index (χ2n) is 6.97. The highest BCUT2D eigenvalue weighted by molar-refractivity contribution is 5.87. The van der Waals surface area contributed by atoms with E-state index in [2.05, 4.69) is 16.2 Å². The molecule has 7 nitrogen and oxygen atoms in total. The van der Waals surface area contributed by atoms with Crippen molar-refractivity contribution in [3.63, 3.8) is 0 Å². The lowest BCUT2D eigenvalue weighted by molar-refractivity contribution is 0.135. The van der Waals surface area contributed by atoms with E-state index in [-0.39, 0.29) is 6.10 Å². The summed E-state index contributed by atoms with van der Waals surface area (Å²) in [5.74, 6) is 0.714. The number of methoxy groups -OCH3 is 2. The van der Waals surface area contributed by atoms with Crippen LogP contribution in [0.3, 0.4) is 0 Å². The standard InChI is InChI=1S/C23H21N5O2/c1-28-14-17(12-26-28)23-13-25-21-5-4-15(10-22(21)27-23)20(6-7-24)16-8-18(29-2)11-19(9-16)30-3/h4-6,8,10-14,19H,9H2,1-3H3/b20-6+. The average Bonchev–Trinajstić information content (AvgIpc) is 3.22. The molecule has 1 aliphatic rings. The third-order valence-corrected chi connectivity index (χ3v) is 5.03. The van der Waals surface area contributed by atoms with Gasteiger partial charge in [0.05, 0.1) is 48.4 Å². The Balaban J connectivity index is 1.78. The van der Waals surface area contributed by atoms with E-state index in [1.165, 1.54) is 0 Å². The van der Waals surface area contributed by atoms with Gasteiger partial charge in [-0.15, -0.1) is 0 Å². The predicted octanol–water partition coefficient (Wildman–Crippen LogP) is 3.81. The van der Waals surface area contributed by atoms with Crippen LogP contribution in [0, 0.1) is 11.3 Å². The molecule has 0 saturated heterocycles. The highest BCUT2D eigenvalue weighted by Gasteiger charge is 2.20. The van der Waals surface area contributed by atoms with E-state index >= 15 is 0 Å². The fourth-order valence-corrected chi connectivity index (χ4v) is 3.50.